The zero-order chi connectivity index (χ0) is 48.0. The molecule has 23 heteroatoms. The highest BCUT2D eigenvalue weighted by Crippen LogP contribution is 2.21. The Labute approximate surface area is 378 Å². The van der Waals surface area contributed by atoms with Crippen molar-refractivity contribution in [2.75, 3.05) is 37.1 Å². The fourth-order valence-corrected chi connectivity index (χ4v) is 7.46. The molecule has 0 bridgehead atoms. The Morgan fingerprint density at radius 2 is 1.17 bits per heavy atom. The Kier molecular flexibility index (Phi) is 25.9. The van der Waals surface area contributed by atoms with Gasteiger partial charge in [0.25, 0.3) is 0 Å². The van der Waals surface area contributed by atoms with Crippen LogP contribution in [0.25, 0.3) is 0 Å². The summed E-state index contributed by atoms with van der Waals surface area (Å²) in [7, 11) is 0. The molecule has 9 amide bonds. The first-order chi connectivity index (χ1) is 29.5. The number of carboxylic acid groups (broad SMARTS) is 1. The molecule has 0 aromatic heterocycles. The van der Waals surface area contributed by atoms with Gasteiger partial charge >= 0.3 is 5.97 Å². The van der Waals surface area contributed by atoms with E-state index >= 15 is 0 Å². The van der Waals surface area contributed by atoms with E-state index in [1.165, 1.54) is 42.3 Å². The Morgan fingerprint density at radius 3 is 1.71 bits per heavy atom. The summed E-state index contributed by atoms with van der Waals surface area (Å²) in [6.07, 6.45) is 4.80. The number of amides is 9. The molecule has 1 aliphatic heterocycles. The minimum absolute atomic E-state index is 0.109. The van der Waals surface area contributed by atoms with Gasteiger partial charge < -0.3 is 58.7 Å². The molecular weight excluding hydrogens is 861 g/mol. The molecule has 0 spiro atoms. The van der Waals surface area contributed by atoms with Crippen LogP contribution < -0.4 is 48.7 Å². The molecule has 1 aliphatic rings. The van der Waals surface area contributed by atoms with Gasteiger partial charge in [-0.2, -0.15) is 23.5 Å². The molecule has 0 aromatic carbocycles. The van der Waals surface area contributed by atoms with Crippen LogP contribution in [-0.4, -0.2) is 155 Å². The normalized spacial score (nSPS) is 16.9. The summed E-state index contributed by atoms with van der Waals surface area (Å²) < 4.78 is 0. The van der Waals surface area contributed by atoms with Crippen molar-refractivity contribution >= 4 is 82.7 Å². The summed E-state index contributed by atoms with van der Waals surface area (Å²) in [6.45, 7) is 9.77. The van der Waals surface area contributed by atoms with Gasteiger partial charge in [0.15, 0.2) is 0 Å². The maximum absolute atomic E-state index is 14.1. The minimum Gasteiger partial charge on any atom is -0.480 e. The zero-order valence-electron chi connectivity index (χ0n) is 37.7. The smallest absolute Gasteiger partial charge is 0.325 e. The average Bonchev–Trinajstić information content (AvgIpc) is 3.70. The average molecular weight is 931 g/mol. The SMILES string of the molecule is CSCC[C@H](NC(=O)[C@@H](N)CC(C)C)C(=O)N[C@@H](CCC(N)=O)C(=O)N[C@@H](C)C(=O)N[C@@H](CC(C)C)C(=O)N1CCC[C@H]1C(=O)N[C@@H](CCSC)C(=O)NCC(=O)N[C@@H](C)C(=O)O. The number of nitrogens with one attached hydrogen (secondary N) is 7. The summed E-state index contributed by atoms with van der Waals surface area (Å²) in [5.74, 6) is -6.41. The van der Waals surface area contributed by atoms with Crippen molar-refractivity contribution < 1.29 is 53.1 Å². The summed E-state index contributed by atoms with van der Waals surface area (Å²) in [5, 5.41) is 26.9. The van der Waals surface area contributed by atoms with E-state index in [2.05, 4.69) is 37.2 Å². The van der Waals surface area contributed by atoms with E-state index in [0.29, 0.717) is 24.3 Å². The Bertz CT molecular complexity index is 1600. The van der Waals surface area contributed by atoms with Crippen molar-refractivity contribution in [1.82, 2.24) is 42.1 Å². The number of nitrogens with two attached hydrogens (primary N) is 2. The number of hydrogen-bond acceptors (Lipinski definition) is 13. The van der Waals surface area contributed by atoms with Crippen LogP contribution in [0.15, 0.2) is 0 Å². The lowest BCUT2D eigenvalue weighted by molar-refractivity contribution is -0.143. The van der Waals surface area contributed by atoms with Crippen LogP contribution in [0, 0.1) is 11.8 Å². The molecule has 0 radical (unpaired) electrons. The number of rotatable bonds is 29. The number of hydrogen-bond donors (Lipinski definition) is 10. The van der Waals surface area contributed by atoms with Gasteiger partial charge in [-0.15, -0.1) is 0 Å². The quantitative estimate of drug-likeness (QED) is 0.0401. The van der Waals surface area contributed by atoms with Crippen LogP contribution in [0.5, 0.6) is 0 Å². The Balaban J connectivity index is 3.15. The summed E-state index contributed by atoms with van der Waals surface area (Å²) in [6, 6.07) is -8.88. The maximum atomic E-state index is 14.1. The van der Waals surface area contributed by atoms with Crippen LogP contribution >= 0.6 is 23.5 Å². The van der Waals surface area contributed by atoms with Crippen molar-refractivity contribution in [3.8, 4) is 0 Å². The first-order valence-electron chi connectivity index (χ1n) is 21.2. The molecule has 0 saturated carbocycles. The predicted molar refractivity (Wildman–Crippen MR) is 240 cm³/mol. The lowest BCUT2D eigenvalue weighted by Crippen LogP contribution is -2.59. The number of carbonyl (C=O) groups excluding carboxylic acids is 9. The summed E-state index contributed by atoms with van der Waals surface area (Å²) >= 11 is 2.86. The Morgan fingerprint density at radius 1 is 0.651 bits per heavy atom. The Hall–Kier alpha value is -4.64. The number of likely N-dealkylation sites (tertiary alicyclic amines) is 1. The van der Waals surface area contributed by atoms with Gasteiger partial charge in [-0.05, 0) is 94.6 Å². The van der Waals surface area contributed by atoms with Crippen LogP contribution in [-0.2, 0) is 47.9 Å². The van der Waals surface area contributed by atoms with Gasteiger partial charge in [0.2, 0.25) is 53.2 Å². The van der Waals surface area contributed by atoms with E-state index in [1.54, 1.807) is 0 Å². The van der Waals surface area contributed by atoms with Crippen LogP contribution in [0.2, 0.25) is 0 Å². The van der Waals surface area contributed by atoms with Gasteiger partial charge in [0.05, 0.1) is 12.6 Å². The van der Waals surface area contributed by atoms with Crippen LogP contribution in [0.1, 0.15) is 92.9 Å². The third-order valence-electron chi connectivity index (χ3n) is 9.95. The second kappa shape index (κ2) is 28.9. The predicted octanol–water partition coefficient (Wildman–Crippen LogP) is -1.68. The number of aliphatic carboxylic acids is 1. The molecule has 358 valence electrons. The lowest BCUT2D eigenvalue weighted by atomic mass is 10.0. The third-order valence-corrected chi connectivity index (χ3v) is 11.2. The van der Waals surface area contributed by atoms with E-state index < -0.39 is 114 Å². The number of primary amides is 1. The lowest BCUT2D eigenvalue weighted by Gasteiger charge is -2.31. The highest BCUT2D eigenvalue weighted by molar-refractivity contribution is 7.98. The largest absolute Gasteiger partial charge is 0.480 e. The summed E-state index contributed by atoms with van der Waals surface area (Å²) in [5.41, 5.74) is 11.4. The molecule has 0 aromatic rings. The number of carbonyl (C=O) groups is 10. The second-order valence-electron chi connectivity index (χ2n) is 16.4. The van der Waals surface area contributed by atoms with Crippen molar-refractivity contribution in [2.24, 2.45) is 23.3 Å². The third kappa shape index (κ3) is 21.1. The molecule has 1 heterocycles. The molecule has 0 aliphatic carbocycles. The van der Waals surface area contributed by atoms with E-state index in [1.807, 2.05) is 40.2 Å². The van der Waals surface area contributed by atoms with Crippen molar-refractivity contribution in [3.63, 3.8) is 0 Å². The zero-order valence-corrected chi connectivity index (χ0v) is 39.3. The van der Waals surface area contributed by atoms with Crippen molar-refractivity contribution in [1.29, 1.82) is 0 Å². The molecule has 1 fully saturated rings. The van der Waals surface area contributed by atoms with Crippen LogP contribution in [0.3, 0.4) is 0 Å². The molecular formula is C40H70N10O11S2. The van der Waals surface area contributed by atoms with Gasteiger partial charge in [-0.25, -0.2) is 0 Å². The van der Waals surface area contributed by atoms with Gasteiger partial charge in [-0.1, -0.05) is 27.7 Å². The molecule has 63 heavy (non-hydrogen) atoms. The fraction of sp³-hybridized carbons (Fsp3) is 0.750. The molecule has 1 rings (SSSR count). The summed E-state index contributed by atoms with van der Waals surface area (Å²) in [4.78, 5) is 131. The second-order valence-corrected chi connectivity index (χ2v) is 18.4. The van der Waals surface area contributed by atoms with E-state index in [4.69, 9.17) is 16.6 Å². The number of thioether (sulfide) groups is 2. The van der Waals surface area contributed by atoms with E-state index in [9.17, 15) is 47.9 Å². The molecule has 8 atom stereocenters. The fourth-order valence-electron chi connectivity index (χ4n) is 6.52. The van der Waals surface area contributed by atoms with Gasteiger partial charge in [0.1, 0.15) is 42.3 Å². The molecule has 0 unspecified atom stereocenters. The highest BCUT2D eigenvalue weighted by Gasteiger charge is 2.40. The van der Waals surface area contributed by atoms with Crippen molar-refractivity contribution in [3.05, 3.63) is 0 Å². The first-order valence-corrected chi connectivity index (χ1v) is 23.9. The number of nitrogens with zero attached hydrogens (tertiary/aromatic N) is 1. The van der Waals surface area contributed by atoms with Gasteiger partial charge in [-0.3, -0.25) is 47.9 Å². The molecule has 1 saturated heterocycles. The highest BCUT2D eigenvalue weighted by atomic mass is 32.2. The standard InChI is InChI=1S/C40H70N10O11S2/c1-21(2)18-25(41)34(54)46-28(14-17-63-8)37(57)47-26(11-12-31(42)51)36(56)45-23(5)33(53)49-29(19-22(3)4)39(59)50-15-9-10-30(50)38(58)48-27(13-16-62-7)35(55)43-20-32(52)44-24(6)40(60)61/h21-30H,9-20,41H2,1-8H3,(H2,42,51)(H,43,55)(H,44,52)(H,45,56)(H,46,54)(H,47,57)(H,48,58)(H,49,53)(H,60,61)/t23-,24-,25-,26-,27-,28-,29-,30-/m0/s1. The van der Waals surface area contributed by atoms with E-state index in [0.717, 1.165) is 0 Å². The molecule has 21 nitrogen and oxygen atoms in total. The number of carboxylic acids is 1. The van der Waals surface area contributed by atoms with Crippen LogP contribution in [0.4, 0.5) is 0 Å². The first kappa shape index (κ1) is 56.4. The van der Waals surface area contributed by atoms with Crippen molar-refractivity contribution in [2.45, 2.75) is 141 Å². The maximum Gasteiger partial charge on any atom is 0.325 e. The topological polar surface area (TPSA) is 330 Å². The minimum atomic E-state index is -1.34. The van der Waals surface area contributed by atoms with E-state index in [-0.39, 0.29) is 56.9 Å². The molecule has 12 N–H and O–H groups in total. The van der Waals surface area contributed by atoms with Gasteiger partial charge in [0, 0.05) is 13.0 Å². The monoisotopic (exact) mass is 930 g/mol.